The van der Waals surface area contributed by atoms with Gasteiger partial charge in [0.15, 0.2) is 11.5 Å². The minimum absolute atomic E-state index is 0.104. The normalized spacial score (nSPS) is 10.6. The average Bonchev–Trinajstić information content (AvgIpc) is 1.99. The Hall–Kier alpha value is -1.44. The lowest BCUT2D eigenvalue weighted by atomic mass is 10.2. The molecule has 57 valence electrons. The summed E-state index contributed by atoms with van der Waals surface area (Å²) in [5.74, 6) is -0.215. The first-order valence-corrected chi connectivity index (χ1v) is 3.22. The maximum Gasteiger partial charge on any atom is 0.164 e. The molecule has 0 saturated carbocycles. The highest BCUT2D eigenvalue weighted by Gasteiger charge is 2.00. The molecule has 1 aromatic rings. The Kier molecular flexibility index (Phi) is 2.16. The Morgan fingerprint density at radius 3 is 2.64 bits per heavy atom. The average molecular weight is 149 g/mol. The summed E-state index contributed by atoms with van der Waals surface area (Å²) >= 11 is 0. The molecule has 1 rings (SSSR count). The summed E-state index contributed by atoms with van der Waals surface area (Å²) < 4.78 is 0. The van der Waals surface area contributed by atoms with Crippen LogP contribution in [-0.2, 0) is 0 Å². The number of aromatic hydroxyl groups is 2. The second kappa shape index (κ2) is 3.10. The lowest BCUT2D eigenvalue weighted by Crippen LogP contribution is -1.74. The number of hydrogen-bond donors (Lipinski definition) is 2. The molecule has 0 atom stereocenters. The zero-order valence-electron chi connectivity index (χ0n) is 5.99. The van der Waals surface area contributed by atoms with Crippen LogP contribution < -0.4 is 0 Å². The van der Waals surface area contributed by atoms with Crippen molar-refractivity contribution in [2.45, 2.75) is 0 Å². The summed E-state index contributed by atoms with van der Waals surface area (Å²) in [7, 11) is 0. The molecule has 0 spiro atoms. The van der Waals surface area contributed by atoms with Gasteiger partial charge in [-0.05, 0) is 13.0 Å². The topological polar surface area (TPSA) is 40.5 Å². The molecular weight excluding hydrogens is 140 g/mol. The van der Waals surface area contributed by atoms with Crippen molar-refractivity contribution >= 4 is 6.08 Å². The maximum absolute atomic E-state index is 9.20. The molecule has 0 unspecified atom stereocenters. The summed E-state index contributed by atoms with van der Waals surface area (Å²) in [6.07, 6.45) is 3.17. The number of benzene rings is 1. The van der Waals surface area contributed by atoms with E-state index in [0.29, 0.717) is 5.56 Å². The van der Waals surface area contributed by atoms with Crippen molar-refractivity contribution in [3.05, 3.63) is 36.8 Å². The van der Waals surface area contributed by atoms with Gasteiger partial charge in [-0.25, -0.2) is 0 Å². The summed E-state index contributed by atoms with van der Waals surface area (Å²) in [6, 6.07) is 4.77. The molecule has 1 radical (unpaired) electrons. The highest BCUT2D eigenvalue weighted by atomic mass is 16.3. The SMILES string of the molecule is [CH2]/C=C/c1cccc(O)c1O. The van der Waals surface area contributed by atoms with Crippen LogP contribution in [0, 0.1) is 6.92 Å². The number of para-hydroxylation sites is 1. The Morgan fingerprint density at radius 2 is 2.00 bits per heavy atom. The van der Waals surface area contributed by atoms with Crippen molar-refractivity contribution in [3.8, 4) is 11.5 Å². The van der Waals surface area contributed by atoms with Crippen LogP contribution in [0.4, 0.5) is 0 Å². The molecule has 0 aliphatic rings. The highest BCUT2D eigenvalue weighted by molar-refractivity contribution is 5.61. The van der Waals surface area contributed by atoms with Gasteiger partial charge in [-0.1, -0.05) is 24.3 Å². The van der Waals surface area contributed by atoms with Crippen molar-refractivity contribution in [2.75, 3.05) is 0 Å². The molecule has 0 aliphatic carbocycles. The van der Waals surface area contributed by atoms with E-state index >= 15 is 0 Å². The Balaban J connectivity index is 3.16. The van der Waals surface area contributed by atoms with Gasteiger partial charge >= 0.3 is 0 Å². The molecule has 2 nitrogen and oxygen atoms in total. The largest absolute Gasteiger partial charge is 0.504 e. The van der Waals surface area contributed by atoms with Crippen molar-refractivity contribution in [1.29, 1.82) is 0 Å². The monoisotopic (exact) mass is 149 g/mol. The van der Waals surface area contributed by atoms with Gasteiger partial charge in [-0.15, -0.1) is 0 Å². The summed E-state index contributed by atoms with van der Waals surface area (Å²) in [6.45, 7) is 3.48. The lowest BCUT2D eigenvalue weighted by Gasteiger charge is -1.99. The van der Waals surface area contributed by atoms with E-state index in [1.165, 1.54) is 6.07 Å². The quantitative estimate of drug-likeness (QED) is 0.599. The van der Waals surface area contributed by atoms with E-state index in [4.69, 9.17) is 5.11 Å². The third-order valence-electron chi connectivity index (χ3n) is 1.34. The Bertz CT molecular complexity index is 277. The summed E-state index contributed by atoms with van der Waals surface area (Å²) in [4.78, 5) is 0. The number of hydrogen-bond acceptors (Lipinski definition) is 2. The third kappa shape index (κ3) is 1.52. The van der Waals surface area contributed by atoms with E-state index in [2.05, 4.69) is 6.92 Å². The molecule has 2 N–H and O–H groups in total. The number of rotatable bonds is 1. The van der Waals surface area contributed by atoms with Gasteiger partial charge in [0.2, 0.25) is 0 Å². The predicted molar refractivity (Wildman–Crippen MR) is 44.2 cm³/mol. The summed E-state index contributed by atoms with van der Waals surface area (Å²) in [5, 5.41) is 18.2. The Labute approximate surface area is 65.4 Å². The van der Waals surface area contributed by atoms with Crippen LogP contribution in [0.5, 0.6) is 11.5 Å². The molecule has 0 aliphatic heterocycles. The zero-order chi connectivity index (χ0) is 8.27. The van der Waals surface area contributed by atoms with Gasteiger partial charge in [0, 0.05) is 5.56 Å². The van der Waals surface area contributed by atoms with Gasteiger partial charge in [0.05, 0.1) is 0 Å². The van der Waals surface area contributed by atoms with Crippen molar-refractivity contribution in [1.82, 2.24) is 0 Å². The third-order valence-corrected chi connectivity index (χ3v) is 1.34. The maximum atomic E-state index is 9.20. The molecular formula is C9H9O2. The van der Waals surface area contributed by atoms with E-state index in [1.807, 2.05) is 0 Å². The number of phenols is 2. The predicted octanol–water partition coefficient (Wildman–Crippen LogP) is 1.95. The number of allylic oxidation sites excluding steroid dienone is 1. The van der Waals surface area contributed by atoms with Crippen LogP contribution >= 0.6 is 0 Å². The van der Waals surface area contributed by atoms with E-state index in [-0.39, 0.29) is 11.5 Å². The van der Waals surface area contributed by atoms with Crippen LogP contribution in [0.2, 0.25) is 0 Å². The fraction of sp³-hybridized carbons (Fsp3) is 0. The van der Waals surface area contributed by atoms with Crippen molar-refractivity contribution in [3.63, 3.8) is 0 Å². The standard InChI is InChI=1S/C9H9O2/c1-2-4-7-5-3-6-8(10)9(7)11/h2-6,10-11H,1H2/b4-2+. The first-order valence-electron chi connectivity index (χ1n) is 3.22. The molecule has 0 saturated heterocycles. The Morgan fingerprint density at radius 1 is 1.27 bits per heavy atom. The molecule has 1 aromatic carbocycles. The van der Waals surface area contributed by atoms with Gasteiger partial charge in [-0.2, -0.15) is 0 Å². The van der Waals surface area contributed by atoms with Gasteiger partial charge in [-0.3, -0.25) is 0 Å². The number of phenolic OH excluding ortho intramolecular Hbond substituents is 2. The van der Waals surface area contributed by atoms with Crippen LogP contribution in [0.25, 0.3) is 6.08 Å². The molecule has 0 bridgehead atoms. The van der Waals surface area contributed by atoms with Crippen LogP contribution in [0.3, 0.4) is 0 Å². The van der Waals surface area contributed by atoms with Crippen molar-refractivity contribution < 1.29 is 10.2 Å². The van der Waals surface area contributed by atoms with Gasteiger partial charge in [0.1, 0.15) is 0 Å². The van der Waals surface area contributed by atoms with E-state index in [1.54, 1.807) is 24.3 Å². The molecule has 0 fully saturated rings. The van der Waals surface area contributed by atoms with E-state index < -0.39 is 0 Å². The van der Waals surface area contributed by atoms with E-state index in [0.717, 1.165) is 0 Å². The molecule has 11 heavy (non-hydrogen) atoms. The fourth-order valence-electron chi connectivity index (χ4n) is 0.810. The van der Waals surface area contributed by atoms with Gasteiger partial charge < -0.3 is 10.2 Å². The first-order chi connectivity index (χ1) is 5.25. The fourth-order valence-corrected chi connectivity index (χ4v) is 0.810. The van der Waals surface area contributed by atoms with E-state index in [9.17, 15) is 5.11 Å². The molecule has 0 amide bonds. The second-order valence-corrected chi connectivity index (χ2v) is 2.12. The first kappa shape index (κ1) is 7.66. The molecule has 0 heterocycles. The smallest absolute Gasteiger partial charge is 0.164 e. The van der Waals surface area contributed by atoms with Crippen LogP contribution in [-0.4, -0.2) is 10.2 Å². The zero-order valence-corrected chi connectivity index (χ0v) is 5.99. The van der Waals surface area contributed by atoms with Gasteiger partial charge in [0.25, 0.3) is 0 Å². The van der Waals surface area contributed by atoms with Crippen molar-refractivity contribution in [2.24, 2.45) is 0 Å². The minimum Gasteiger partial charge on any atom is -0.504 e. The summed E-state index contributed by atoms with van der Waals surface area (Å²) in [5.41, 5.74) is 0.569. The van der Waals surface area contributed by atoms with Crippen LogP contribution in [0.1, 0.15) is 5.56 Å². The minimum atomic E-state index is -0.111. The second-order valence-electron chi connectivity index (χ2n) is 2.12. The van der Waals surface area contributed by atoms with Crippen LogP contribution in [0.15, 0.2) is 24.3 Å². The molecule has 0 aromatic heterocycles. The highest BCUT2D eigenvalue weighted by Crippen LogP contribution is 2.28. The lowest BCUT2D eigenvalue weighted by molar-refractivity contribution is 0.403. The molecule has 2 heteroatoms.